The Morgan fingerprint density at radius 3 is 1.85 bits per heavy atom. The zero-order valence-corrected chi connectivity index (χ0v) is 28.7. The van der Waals surface area contributed by atoms with Crippen molar-refractivity contribution in [2.75, 3.05) is 41.4 Å². The topological polar surface area (TPSA) is 103 Å². The number of guanidine groups is 1. The Morgan fingerprint density at radius 1 is 0.976 bits per heavy atom. The van der Waals surface area contributed by atoms with Crippen LogP contribution < -0.4 is 5.11 Å². The Labute approximate surface area is 264 Å². The van der Waals surface area contributed by atoms with Crippen molar-refractivity contribution < 1.29 is 31.6 Å². The maximum atomic E-state index is 11.2. The molecule has 0 amide bonds. The van der Waals surface area contributed by atoms with Crippen LogP contribution in [-0.4, -0.2) is 70.4 Å². The zero-order valence-electron chi connectivity index (χ0n) is 27.2. The maximum Gasteiger partial charge on any atom is 4.00 e. The first-order valence-electron chi connectivity index (χ1n) is 13.9. The molecule has 41 heavy (non-hydrogen) atoms. The minimum atomic E-state index is -0.236. The monoisotopic (exact) mass is 598 g/mol. The van der Waals surface area contributed by atoms with E-state index in [0.717, 1.165) is 33.6 Å². The third-order valence-electron chi connectivity index (χ3n) is 6.35. The summed E-state index contributed by atoms with van der Waals surface area (Å²) in [5.41, 5.74) is 6.46. The third kappa shape index (κ3) is 13.0. The molecule has 1 saturated heterocycles. The van der Waals surface area contributed by atoms with Crippen molar-refractivity contribution in [1.82, 2.24) is 4.90 Å². The summed E-state index contributed by atoms with van der Waals surface area (Å²) >= 11 is 0. The Morgan fingerprint density at radius 2 is 1.46 bits per heavy atom. The third-order valence-corrected chi connectivity index (χ3v) is 6.35. The van der Waals surface area contributed by atoms with Crippen molar-refractivity contribution in [2.45, 2.75) is 67.5 Å². The van der Waals surface area contributed by atoms with Gasteiger partial charge in [-0.05, 0) is 93.3 Å². The second-order valence-corrected chi connectivity index (χ2v) is 11.0. The predicted octanol–water partition coefficient (Wildman–Crippen LogP) is 6.95. The summed E-state index contributed by atoms with van der Waals surface area (Å²) in [5.74, 6) is 1.33. The minimum Gasteiger partial charge on any atom is -0.854 e. The number of amidine groups is 1. The average molecular weight is 599 g/mol. The second-order valence-electron chi connectivity index (χ2n) is 11.0. The fourth-order valence-corrected chi connectivity index (χ4v) is 3.71. The van der Waals surface area contributed by atoms with Crippen molar-refractivity contribution in [3.05, 3.63) is 74.6 Å². The number of benzene rings is 2. The number of aryl methyl sites for hydroxylation is 4. The number of nitrogens with zero attached hydrogens (tertiary/aromatic N) is 6. The molecule has 0 N–H and O–H groups in total. The van der Waals surface area contributed by atoms with Crippen molar-refractivity contribution in [1.29, 1.82) is 0 Å². The van der Waals surface area contributed by atoms with Gasteiger partial charge in [0.1, 0.15) is 0 Å². The van der Waals surface area contributed by atoms with Crippen LogP contribution in [0.25, 0.3) is 16.0 Å². The SMILES string of the molecule is C[N-]C.Cc1cccc(C)c1N=C1[N-][C@@H](C(C)C)CO1.Cc1cccc(C)c1[N-]C(=N[C@H](C[O-])C(C)C)N(C)C.[Ti+4]. The molecule has 1 heterocycles. The molecule has 0 spiro atoms. The molecule has 224 valence electrons. The van der Waals surface area contributed by atoms with Crippen LogP contribution in [-0.2, 0) is 26.5 Å². The van der Waals surface area contributed by atoms with Crippen LogP contribution in [0.15, 0.2) is 46.4 Å². The van der Waals surface area contributed by atoms with Gasteiger partial charge < -0.3 is 40.7 Å². The van der Waals surface area contributed by atoms with E-state index < -0.39 is 0 Å². The largest absolute Gasteiger partial charge is 4.00 e. The van der Waals surface area contributed by atoms with Crippen molar-refractivity contribution in [2.24, 2.45) is 21.8 Å². The number of aliphatic imine (C=N–C) groups is 2. The van der Waals surface area contributed by atoms with E-state index in [0.29, 0.717) is 24.5 Å². The minimum absolute atomic E-state index is 0. The number of ether oxygens (including phenoxy) is 1. The van der Waals surface area contributed by atoms with Crippen LogP contribution >= 0.6 is 0 Å². The summed E-state index contributed by atoms with van der Waals surface area (Å²) < 4.78 is 5.52. The summed E-state index contributed by atoms with van der Waals surface area (Å²) in [7, 11) is 7.30. The number of hydrogen-bond acceptors (Lipinski definition) is 4. The number of para-hydroxylation sites is 2. The Kier molecular flexibility index (Phi) is 18.5. The van der Waals surface area contributed by atoms with Crippen LogP contribution in [0.2, 0.25) is 0 Å². The summed E-state index contributed by atoms with van der Waals surface area (Å²) in [5, 5.41) is 23.9. The van der Waals surface area contributed by atoms with Crippen molar-refractivity contribution >= 4 is 23.4 Å². The Balaban J connectivity index is 0.000000702. The van der Waals surface area contributed by atoms with Crippen molar-refractivity contribution in [3.63, 3.8) is 0 Å². The number of hydrogen-bond donors (Lipinski definition) is 0. The zero-order chi connectivity index (χ0) is 30.4. The van der Waals surface area contributed by atoms with E-state index in [2.05, 4.69) is 65.8 Å². The van der Waals surface area contributed by atoms with E-state index in [1.807, 2.05) is 71.0 Å². The van der Waals surface area contributed by atoms with E-state index in [4.69, 9.17) is 4.74 Å². The molecule has 3 rings (SSSR count). The van der Waals surface area contributed by atoms with E-state index in [1.165, 1.54) is 0 Å². The molecule has 0 radical (unpaired) electrons. The molecule has 1 aliphatic heterocycles. The summed E-state index contributed by atoms with van der Waals surface area (Å²) in [4.78, 5) is 10.9. The summed E-state index contributed by atoms with van der Waals surface area (Å²) in [6.07, 6.45) is 0. The van der Waals surface area contributed by atoms with Gasteiger partial charge in [-0.25, -0.2) is 0 Å². The van der Waals surface area contributed by atoms with E-state index >= 15 is 0 Å². The first kappa shape index (κ1) is 38.6. The molecular weight excluding hydrogens is 548 g/mol. The fourth-order valence-electron chi connectivity index (χ4n) is 3.71. The molecule has 2 aromatic carbocycles. The average Bonchev–Trinajstić information content (AvgIpc) is 3.35. The van der Waals surface area contributed by atoms with Crippen LogP contribution in [0.1, 0.15) is 49.9 Å². The van der Waals surface area contributed by atoms with Gasteiger partial charge in [0.15, 0.2) is 0 Å². The quantitative estimate of drug-likeness (QED) is 0.204. The molecule has 0 bridgehead atoms. The first-order chi connectivity index (χ1) is 18.9. The summed E-state index contributed by atoms with van der Waals surface area (Å²) in [6, 6.07) is 12.8. The van der Waals surface area contributed by atoms with Gasteiger partial charge in [-0.15, -0.1) is 6.61 Å². The van der Waals surface area contributed by atoms with Gasteiger partial charge in [0.2, 0.25) is 0 Å². The van der Waals surface area contributed by atoms with Gasteiger partial charge in [0, 0.05) is 12.0 Å². The Hall–Kier alpha value is -2.39. The molecule has 0 aromatic heterocycles. The molecule has 0 unspecified atom stereocenters. The second kappa shape index (κ2) is 19.7. The van der Waals surface area contributed by atoms with E-state index in [-0.39, 0.29) is 46.3 Å². The Bertz CT molecular complexity index is 1060. The van der Waals surface area contributed by atoms with Gasteiger partial charge >= 0.3 is 21.7 Å². The smallest absolute Gasteiger partial charge is 0.854 e. The van der Waals surface area contributed by atoms with Gasteiger partial charge in [0.05, 0.1) is 12.6 Å². The molecule has 1 fully saturated rings. The van der Waals surface area contributed by atoms with E-state index in [1.54, 1.807) is 14.1 Å². The summed E-state index contributed by atoms with van der Waals surface area (Å²) in [6.45, 7) is 17.0. The standard InChI is InChI=1S/C16H25N3O.C14H19N2O.C2H6N.Ti/c1-11(2)14(10-20)17-16(19(5)6)18-15-12(3)8-7-9-13(15)4;1-9(2)12-8-17-14(15-12)16-13-10(3)6-5-7-11(13)4;1-3-2;/h7-9,11,14H,10H2,1-6H3;5-7,9,12H,8H2,1-4H3;1-2H3;/q-2;2*-1;+4/t14-;12-;;/m11../s1. The van der Waals surface area contributed by atoms with Crippen LogP contribution in [0.4, 0.5) is 11.4 Å². The van der Waals surface area contributed by atoms with Gasteiger partial charge in [0.25, 0.3) is 0 Å². The molecular formula is C32H50N6O2Ti. The number of rotatable bonds is 6. The molecule has 0 saturated carbocycles. The molecule has 9 heteroatoms. The molecule has 2 atom stereocenters. The fraction of sp³-hybridized carbons (Fsp3) is 0.562. The predicted molar refractivity (Wildman–Crippen MR) is 170 cm³/mol. The molecule has 0 aliphatic carbocycles. The first-order valence-corrected chi connectivity index (χ1v) is 13.9. The van der Waals surface area contributed by atoms with Crippen LogP contribution in [0.5, 0.6) is 0 Å². The molecule has 1 aliphatic rings. The van der Waals surface area contributed by atoms with Gasteiger partial charge in [-0.1, -0.05) is 64.1 Å². The van der Waals surface area contributed by atoms with Crippen molar-refractivity contribution in [3.8, 4) is 0 Å². The van der Waals surface area contributed by atoms with Gasteiger partial charge in [-0.3, -0.25) is 0 Å². The maximum absolute atomic E-state index is 11.2. The van der Waals surface area contributed by atoms with Gasteiger partial charge in [-0.2, -0.15) is 14.1 Å². The van der Waals surface area contributed by atoms with Crippen LogP contribution in [0.3, 0.4) is 0 Å². The molecule has 8 nitrogen and oxygen atoms in total. The molecule has 2 aromatic rings. The van der Waals surface area contributed by atoms with Crippen LogP contribution in [0, 0.1) is 39.5 Å². The normalized spacial score (nSPS) is 16.0. The van der Waals surface area contributed by atoms with E-state index in [9.17, 15) is 5.11 Å².